The SMILES string of the molecule is CN=C(NCc1cnn(-c2ccc(Cl)cc2)c1)NC1CCCC(C(=O)NC2CC2)C1. The molecule has 2 saturated carbocycles. The summed E-state index contributed by atoms with van der Waals surface area (Å²) in [6.07, 6.45) is 10.0. The summed E-state index contributed by atoms with van der Waals surface area (Å²) >= 11 is 5.95. The van der Waals surface area contributed by atoms with Gasteiger partial charge in [-0.25, -0.2) is 4.68 Å². The number of halogens is 1. The van der Waals surface area contributed by atoms with Gasteiger partial charge in [0, 0.05) is 48.4 Å². The third-order valence-corrected chi connectivity index (χ3v) is 5.97. The van der Waals surface area contributed by atoms with E-state index in [0.29, 0.717) is 17.6 Å². The summed E-state index contributed by atoms with van der Waals surface area (Å²) < 4.78 is 1.83. The largest absolute Gasteiger partial charge is 0.354 e. The molecule has 2 aliphatic carbocycles. The Kier molecular flexibility index (Phi) is 6.57. The summed E-state index contributed by atoms with van der Waals surface area (Å²) in [6, 6.07) is 8.26. The van der Waals surface area contributed by atoms with Crippen molar-refractivity contribution in [2.45, 2.75) is 57.2 Å². The van der Waals surface area contributed by atoms with Crippen molar-refractivity contribution in [3.63, 3.8) is 0 Å². The Labute approximate surface area is 182 Å². The first-order valence-electron chi connectivity index (χ1n) is 10.7. The number of carbonyl (C=O) groups is 1. The lowest BCUT2D eigenvalue weighted by Gasteiger charge is -2.30. The van der Waals surface area contributed by atoms with Crippen LogP contribution in [0.4, 0.5) is 0 Å². The normalized spacial score (nSPS) is 21.9. The monoisotopic (exact) mass is 428 g/mol. The minimum Gasteiger partial charge on any atom is -0.354 e. The Morgan fingerprint density at radius 3 is 2.70 bits per heavy atom. The minimum atomic E-state index is 0.104. The van der Waals surface area contributed by atoms with E-state index in [4.69, 9.17) is 11.6 Å². The number of guanidine groups is 1. The Bertz CT molecular complexity index is 889. The second-order valence-electron chi connectivity index (χ2n) is 8.18. The molecule has 2 atom stereocenters. The summed E-state index contributed by atoms with van der Waals surface area (Å²) in [5.74, 6) is 1.08. The molecule has 0 radical (unpaired) electrons. The first kappa shape index (κ1) is 20.7. The lowest BCUT2D eigenvalue weighted by Crippen LogP contribution is -2.47. The predicted octanol–water partition coefficient (Wildman–Crippen LogP) is 3.03. The average Bonchev–Trinajstić information content (AvgIpc) is 3.45. The number of amides is 1. The minimum absolute atomic E-state index is 0.104. The highest BCUT2D eigenvalue weighted by molar-refractivity contribution is 6.30. The van der Waals surface area contributed by atoms with Crippen molar-refractivity contribution in [1.82, 2.24) is 25.7 Å². The molecule has 1 amide bonds. The van der Waals surface area contributed by atoms with Crippen LogP contribution in [0.1, 0.15) is 44.1 Å². The molecule has 8 heteroatoms. The molecule has 160 valence electrons. The standard InChI is InChI=1S/C22H29ClN6O/c1-24-22(28-19-4-2-3-16(11-19)21(30)27-18-7-8-18)25-12-15-13-26-29(14-15)20-9-5-17(23)6-10-20/h5-6,9-10,13-14,16,18-19H,2-4,7-8,11-12H2,1H3,(H,27,30)(H2,24,25,28). The molecule has 3 N–H and O–H groups in total. The molecule has 2 aromatic rings. The molecule has 4 rings (SSSR count). The third kappa shape index (κ3) is 5.53. The fourth-order valence-electron chi connectivity index (χ4n) is 3.87. The molecule has 0 bridgehead atoms. The topological polar surface area (TPSA) is 83.3 Å². The highest BCUT2D eigenvalue weighted by Gasteiger charge is 2.31. The molecule has 2 unspecified atom stereocenters. The summed E-state index contributed by atoms with van der Waals surface area (Å²) in [5.41, 5.74) is 2.02. The van der Waals surface area contributed by atoms with Gasteiger partial charge < -0.3 is 16.0 Å². The van der Waals surface area contributed by atoms with Crippen LogP contribution in [0, 0.1) is 5.92 Å². The number of hydrogen-bond donors (Lipinski definition) is 3. The van der Waals surface area contributed by atoms with Gasteiger partial charge in [-0.15, -0.1) is 0 Å². The predicted molar refractivity (Wildman–Crippen MR) is 119 cm³/mol. The van der Waals surface area contributed by atoms with Crippen molar-refractivity contribution in [2.75, 3.05) is 7.05 Å². The maximum Gasteiger partial charge on any atom is 0.223 e. The van der Waals surface area contributed by atoms with Gasteiger partial charge in [-0.2, -0.15) is 5.10 Å². The molecule has 2 fully saturated rings. The van der Waals surface area contributed by atoms with Crippen molar-refractivity contribution < 1.29 is 4.79 Å². The number of aliphatic imine (C=N–C) groups is 1. The van der Waals surface area contributed by atoms with Gasteiger partial charge in [0.25, 0.3) is 0 Å². The number of carbonyl (C=O) groups excluding carboxylic acids is 1. The van der Waals surface area contributed by atoms with E-state index in [1.165, 1.54) is 0 Å². The second kappa shape index (κ2) is 9.51. The van der Waals surface area contributed by atoms with Crippen LogP contribution in [-0.4, -0.2) is 40.8 Å². The zero-order valence-corrected chi connectivity index (χ0v) is 18.0. The van der Waals surface area contributed by atoms with E-state index in [1.807, 2.05) is 41.3 Å². The summed E-state index contributed by atoms with van der Waals surface area (Å²) in [7, 11) is 1.77. The van der Waals surface area contributed by atoms with E-state index in [0.717, 1.165) is 55.7 Å². The molecular weight excluding hydrogens is 400 g/mol. The maximum absolute atomic E-state index is 12.4. The van der Waals surface area contributed by atoms with Crippen molar-refractivity contribution in [1.29, 1.82) is 0 Å². The number of benzene rings is 1. The van der Waals surface area contributed by atoms with Crippen molar-refractivity contribution in [3.05, 3.63) is 47.2 Å². The van der Waals surface area contributed by atoms with E-state index in [9.17, 15) is 4.79 Å². The van der Waals surface area contributed by atoms with Gasteiger partial charge in [0.15, 0.2) is 5.96 Å². The molecule has 1 heterocycles. The highest BCUT2D eigenvalue weighted by atomic mass is 35.5. The quantitative estimate of drug-likeness (QED) is 0.487. The molecular formula is C22H29ClN6O. The second-order valence-corrected chi connectivity index (χ2v) is 8.62. The Morgan fingerprint density at radius 1 is 1.17 bits per heavy atom. The van der Waals surface area contributed by atoms with Crippen molar-refractivity contribution in [3.8, 4) is 5.69 Å². The van der Waals surface area contributed by atoms with Gasteiger partial charge in [0.2, 0.25) is 5.91 Å². The van der Waals surface area contributed by atoms with Crippen LogP contribution in [0.3, 0.4) is 0 Å². The van der Waals surface area contributed by atoms with Gasteiger partial charge in [0.1, 0.15) is 0 Å². The van der Waals surface area contributed by atoms with Crippen LogP contribution in [0.2, 0.25) is 5.02 Å². The third-order valence-electron chi connectivity index (χ3n) is 5.72. The number of aromatic nitrogens is 2. The number of hydrogen-bond acceptors (Lipinski definition) is 3. The number of nitrogens with zero attached hydrogens (tertiary/aromatic N) is 3. The highest BCUT2D eigenvalue weighted by Crippen LogP contribution is 2.26. The first-order chi connectivity index (χ1) is 14.6. The van der Waals surface area contributed by atoms with Crippen LogP contribution in [-0.2, 0) is 11.3 Å². The molecule has 2 aliphatic rings. The Hall–Kier alpha value is -2.54. The zero-order valence-electron chi connectivity index (χ0n) is 17.3. The molecule has 1 aromatic carbocycles. The summed E-state index contributed by atoms with van der Waals surface area (Å²) in [6.45, 7) is 0.617. The molecule has 7 nitrogen and oxygen atoms in total. The van der Waals surface area contributed by atoms with Gasteiger partial charge in [-0.3, -0.25) is 9.79 Å². The van der Waals surface area contributed by atoms with Crippen LogP contribution in [0.15, 0.2) is 41.7 Å². The molecule has 30 heavy (non-hydrogen) atoms. The van der Waals surface area contributed by atoms with Gasteiger partial charge in [-0.1, -0.05) is 18.0 Å². The average molecular weight is 429 g/mol. The fraction of sp³-hybridized carbons (Fsp3) is 0.500. The van der Waals surface area contributed by atoms with Crippen molar-refractivity contribution in [2.24, 2.45) is 10.9 Å². The van der Waals surface area contributed by atoms with Crippen molar-refractivity contribution >= 4 is 23.5 Å². The van der Waals surface area contributed by atoms with Crippen LogP contribution in [0.5, 0.6) is 0 Å². The number of nitrogens with one attached hydrogen (secondary N) is 3. The fourth-order valence-corrected chi connectivity index (χ4v) is 3.99. The summed E-state index contributed by atoms with van der Waals surface area (Å²) in [5, 5.41) is 15.1. The van der Waals surface area contributed by atoms with Crippen LogP contribution >= 0.6 is 11.6 Å². The van der Waals surface area contributed by atoms with Crippen LogP contribution in [0.25, 0.3) is 5.69 Å². The maximum atomic E-state index is 12.4. The molecule has 0 aliphatic heterocycles. The Balaban J connectivity index is 1.27. The smallest absolute Gasteiger partial charge is 0.223 e. The molecule has 0 spiro atoms. The lowest BCUT2D eigenvalue weighted by molar-refractivity contribution is -0.126. The summed E-state index contributed by atoms with van der Waals surface area (Å²) in [4.78, 5) is 16.7. The van der Waals surface area contributed by atoms with E-state index in [1.54, 1.807) is 7.05 Å². The van der Waals surface area contributed by atoms with E-state index in [-0.39, 0.29) is 17.9 Å². The lowest BCUT2D eigenvalue weighted by atomic mass is 9.85. The Morgan fingerprint density at radius 2 is 1.97 bits per heavy atom. The van der Waals surface area contributed by atoms with Crippen LogP contribution < -0.4 is 16.0 Å². The number of rotatable bonds is 6. The van der Waals surface area contributed by atoms with E-state index in [2.05, 4.69) is 26.0 Å². The molecule has 0 saturated heterocycles. The zero-order chi connectivity index (χ0) is 20.9. The first-order valence-corrected chi connectivity index (χ1v) is 11.1. The van der Waals surface area contributed by atoms with E-state index < -0.39 is 0 Å². The van der Waals surface area contributed by atoms with Gasteiger partial charge >= 0.3 is 0 Å². The molecule has 1 aromatic heterocycles. The van der Waals surface area contributed by atoms with Gasteiger partial charge in [-0.05, 0) is 56.4 Å². The van der Waals surface area contributed by atoms with E-state index >= 15 is 0 Å². The van der Waals surface area contributed by atoms with Gasteiger partial charge in [0.05, 0.1) is 11.9 Å².